The van der Waals surface area contributed by atoms with Gasteiger partial charge in [-0.15, -0.1) is 0 Å². The molecular formula is C29H28ClFN6O2. The number of likely N-dealkylation sites (tertiary alicyclic amines) is 2. The van der Waals surface area contributed by atoms with Crippen LogP contribution in [0.25, 0.3) is 22.2 Å². The van der Waals surface area contributed by atoms with E-state index < -0.39 is 5.82 Å². The van der Waals surface area contributed by atoms with E-state index in [9.17, 15) is 9.18 Å². The number of piperidine rings is 1. The molecule has 0 atom stereocenters. The quantitative estimate of drug-likeness (QED) is 0.319. The Balaban J connectivity index is 1.18. The van der Waals surface area contributed by atoms with E-state index in [-0.39, 0.29) is 11.7 Å². The first-order valence-electron chi connectivity index (χ1n) is 13.1. The highest BCUT2D eigenvalue weighted by Crippen LogP contribution is 2.32. The van der Waals surface area contributed by atoms with Crippen LogP contribution in [0, 0.1) is 12.7 Å². The predicted octanol–water partition coefficient (Wildman–Crippen LogP) is 6.21. The van der Waals surface area contributed by atoms with Crippen LogP contribution in [-0.2, 0) is 0 Å². The molecule has 2 fully saturated rings. The number of hydrogen-bond acceptors (Lipinski definition) is 7. The molecule has 6 rings (SSSR count). The van der Waals surface area contributed by atoms with Gasteiger partial charge in [0.05, 0.1) is 22.6 Å². The van der Waals surface area contributed by atoms with Crippen molar-refractivity contribution in [2.45, 2.75) is 32.2 Å². The molecule has 0 spiro atoms. The predicted molar refractivity (Wildman–Crippen MR) is 149 cm³/mol. The van der Waals surface area contributed by atoms with Crippen molar-refractivity contribution in [1.82, 2.24) is 25.0 Å². The third-order valence-corrected chi connectivity index (χ3v) is 7.74. The monoisotopic (exact) mass is 546 g/mol. The van der Waals surface area contributed by atoms with Crippen LogP contribution in [0.4, 0.5) is 20.6 Å². The second-order valence-electron chi connectivity index (χ2n) is 9.99. The fourth-order valence-corrected chi connectivity index (χ4v) is 5.31. The molecule has 0 radical (unpaired) electrons. The summed E-state index contributed by atoms with van der Waals surface area (Å²) < 4.78 is 20.1. The minimum absolute atomic E-state index is 0.272. The maximum Gasteiger partial charge on any atom is 0.415 e. The summed E-state index contributed by atoms with van der Waals surface area (Å²) in [5.74, 6) is 0.0166. The van der Waals surface area contributed by atoms with Crippen molar-refractivity contribution >= 4 is 40.0 Å². The smallest absolute Gasteiger partial charge is 0.410 e. The first-order valence-corrected chi connectivity index (χ1v) is 13.5. The van der Waals surface area contributed by atoms with Gasteiger partial charge in [0.25, 0.3) is 0 Å². The molecule has 0 saturated carbocycles. The van der Waals surface area contributed by atoms with Crippen LogP contribution in [-0.4, -0.2) is 63.3 Å². The molecule has 1 amide bonds. The number of benzene rings is 2. The van der Waals surface area contributed by atoms with E-state index in [1.54, 1.807) is 29.3 Å². The molecule has 0 bridgehead atoms. The Morgan fingerprint density at radius 1 is 1.03 bits per heavy atom. The molecule has 2 saturated heterocycles. The molecule has 4 heterocycles. The summed E-state index contributed by atoms with van der Waals surface area (Å²) in [6.07, 6.45) is 4.60. The van der Waals surface area contributed by atoms with Gasteiger partial charge >= 0.3 is 6.09 Å². The first-order chi connectivity index (χ1) is 18.9. The zero-order valence-corrected chi connectivity index (χ0v) is 22.3. The molecule has 0 unspecified atom stereocenters. The van der Waals surface area contributed by atoms with Gasteiger partial charge in [-0.25, -0.2) is 9.18 Å². The van der Waals surface area contributed by atoms with Crippen LogP contribution in [0.2, 0.25) is 5.02 Å². The van der Waals surface area contributed by atoms with Crippen LogP contribution in [0.1, 0.15) is 25.0 Å². The Bertz CT molecular complexity index is 1540. The minimum Gasteiger partial charge on any atom is -0.410 e. The van der Waals surface area contributed by atoms with Crippen molar-refractivity contribution in [3.05, 3.63) is 71.3 Å². The summed E-state index contributed by atoms with van der Waals surface area (Å²) in [5.41, 5.74) is 3.40. The number of fused-ring (bicyclic) bond motifs is 1. The maximum absolute atomic E-state index is 14.4. The van der Waals surface area contributed by atoms with Gasteiger partial charge in [-0.05, 0) is 81.7 Å². The Morgan fingerprint density at radius 3 is 2.62 bits per heavy atom. The first kappa shape index (κ1) is 25.5. The van der Waals surface area contributed by atoms with Crippen molar-refractivity contribution < 1.29 is 13.9 Å². The largest absolute Gasteiger partial charge is 0.415 e. The van der Waals surface area contributed by atoms with Crippen LogP contribution in [0.5, 0.6) is 5.75 Å². The standard InChI is InChI=1S/C29H28ClFN6O2/c1-18-26(17-28(35-34-18)23-15-19(30)3-6-24(23)31)33-25-7-10-32-27-16-21(4-5-22(25)27)39-29(38)37-13-8-20(9-14-37)36-11-2-12-36/h3-7,10,15-17,20H,2,8-9,11-14H2,1H3,(H,32,33,35). The lowest BCUT2D eigenvalue weighted by Crippen LogP contribution is -2.51. The highest BCUT2D eigenvalue weighted by Gasteiger charge is 2.30. The van der Waals surface area contributed by atoms with Gasteiger partial charge in [0.15, 0.2) is 0 Å². The van der Waals surface area contributed by atoms with E-state index in [0.717, 1.165) is 23.9 Å². The van der Waals surface area contributed by atoms with Gasteiger partial charge in [-0.3, -0.25) is 4.98 Å². The number of ether oxygens (including phenoxy) is 1. The number of amides is 1. The second kappa shape index (κ2) is 10.7. The van der Waals surface area contributed by atoms with Gasteiger partial charge in [-0.1, -0.05) is 11.6 Å². The Hall–Kier alpha value is -3.82. The van der Waals surface area contributed by atoms with E-state index in [2.05, 4.69) is 25.4 Å². The van der Waals surface area contributed by atoms with Crippen molar-refractivity contribution in [1.29, 1.82) is 0 Å². The number of carbonyl (C=O) groups is 1. The lowest BCUT2D eigenvalue weighted by molar-refractivity contribution is 0.0636. The number of nitrogens with one attached hydrogen (secondary N) is 1. The molecule has 39 heavy (non-hydrogen) atoms. The van der Waals surface area contributed by atoms with Crippen molar-refractivity contribution in [3.63, 3.8) is 0 Å². The van der Waals surface area contributed by atoms with Gasteiger partial charge in [-0.2, -0.15) is 10.2 Å². The summed E-state index contributed by atoms with van der Waals surface area (Å²) in [5, 5.41) is 13.0. The molecule has 2 aromatic heterocycles. The Kier molecular flexibility index (Phi) is 7.01. The van der Waals surface area contributed by atoms with Gasteiger partial charge in [0.2, 0.25) is 0 Å². The third kappa shape index (κ3) is 5.37. The third-order valence-electron chi connectivity index (χ3n) is 7.50. The fourth-order valence-electron chi connectivity index (χ4n) is 5.13. The SMILES string of the molecule is Cc1nnc(-c2cc(Cl)ccc2F)cc1Nc1ccnc2cc(OC(=O)N3CCC(N4CCC4)CC3)ccc12. The second-order valence-corrected chi connectivity index (χ2v) is 10.4. The fraction of sp³-hybridized carbons (Fsp3) is 0.310. The van der Waals surface area contributed by atoms with Crippen molar-refractivity contribution in [3.8, 4) is 17.0 Å². The van der Waals surface area contributed by atoms with Crippen molar-refractivity contribution in [2.75, 3.05) is 31.5 Å². The molecule has 2 aromatic carbocycles. The normalized spacial score (nSPS) is 16.2. The number of rotatable bonds is 5. The maximum atomic E-state index is 14.4. The van der Waals surface area contributed by atoms with E-state index >= 15 is 0 Å². The van der Waals surface area contributed by atoms with Gasteiger partial charge in [0.1, 0.15) is 11.6 Å². The number of nitrogens with zero attached hydrogens (tertiary/aromatic N) is 5. The van der Waals surface area contributed by atoms with E-state index in [1.165, 1.54) is 37.7 Å². The summed E-state index contributed by atoms with van der Waals surface area (Å²) >= 11 is 6.07. The van der Waals surface area contributed by atoms with Crippen LogP contribution in [0.15, 0.2) is 54.7 Å². The number of halogens is 2. The van der Waals surface area contributed by atoms with E-state index in [1.807, 2.05) is 19.1 Å². The lowest BCUT2D eigenvalue weighted by Gasteiger charge is -2.42. The number of hydrogen-bond donors (Lipinski definition) is 1. The van der Waals surface area contributed by atoms with E-state index in [0.29, 0.717) is 52.5 Å². The molecule has 1 N–H and O–H groups in total. The molecule has 200 valence electrons. The molecule has 2 aliphatic heterocycles. The average Bonchev–Trinajstić information content (AvgIpc) is 2.91. The zero-order chi connectivity index (χ0) is 26.9. The average molecular weight is 547 g/mol. The highest BCUT2D eigenvalue weighted by atomic mass is 35.5. The Morgan fingerprint density at radius 2 is 1.85 bits per heavy atom. The number of aromatic nitrogens is 3. The number of carbonyl (C=O) groups excluding carboxylic acids is 1. The van der Waals surface area contributed by atoms with Gasteiger partial charge < -0.3 is 19.9 Å². The zero-order valence-electron chi connectivity index (χ0n) is 21.5. The molecule has 10 heteroatoms. The van der Waals surface area contributed by atoms with Crippen molar-refractivity contribution in [2.24, 2.45) is 0 Å². The molecular weight excluding hydrogens is 519 g/mol. The number of pyridine rings is 1. The summed E-state index contributed by atoms with van der Waals surface area (Å²) in [4.78, 5) is 21.6. The number of aryl methyl sites for hydroxylation is 1. The molecule has 0 aliphatic carbocycles. The van der Waals surface area contributed by atoms with Gasteiger partial charge in [0, 0.05) is 53.1 Å². The molecule has 2 aliphatic rings. The topological polar surface area (TPSA) is 83.5 Å². The summed E-state index contributed by atoms with van der Waals surface area (Å²) in [6.45, 7) is 5.59. The van der Waals surface area contributed by atoms with Crippen LogP contribution in [0.3, 0.4) is 0 Å². The Labute approximate surface area is 230 Å². The number of anilines is 2. The summed E-state index contributed by atoms with van der Waals surface area (Å²) in [6, 6.07) is 13.9. The highest BCUT2D eigenvalue weighted by molar-refractivity contribution is 6.30. The molecule has 4 aromatic rings. The minimum atomic E-state index is -0.430. The lowest BCUT2D eigenvalue weighted by atomic mass is 10.00. The summed E-state index contributed by atoms with van der Waals surface area (Å²) in [7, 11) is 0. The van der Waals surface area contributed by atoms with Crippen LogP contribution < -0.4 is 10.1 Å². The van der Waals surface area contributed by atoms with E-state index in [4.69, 9.17) is 16.3 Å². The molecule has 8 nitrogen and oxygen atoms in total. The van der Waals surface area contributed by atoms with Crippen LogP contribution >= 0.6 is 11.6 Å².